The number of benzene rings is 1. The summed E-state index contributed by atoms with van der Waals surface area (Å²) >= 11 is 6.69. The molecule has 0 radical (unpaired) electrons. The van der Waals surface area contributed by atoms with Crippen molar-refractivity contribution in [3.05, 3.63) is 47.1 Å². The van der Waals surface area contributed by atoms with Crippen LogP contribution in [0.15, 0.2) is 45.7 Å². The lowest BCUT2D eigenvalue weighted by Gasteiger charge is -2.32. The van der Waals surface area contributed by atoms with Crippen LogP contribution >= 0.6 is 24.0 Å². The van der Waals surface area contributed by atoms with Gasteiger partial charge < -0.3 is 14.3 Å². The lowest BCUT2D eigenvalue weighted by molar-refractivity contribution is -0.144. The van der Waals surface area contributed by atoms with Crippen LogP contribution in [-0.4, -0.2) is 38.3 Å². The van der Waals surface area contributed by atoms with Crippen LogP contribution in [-0.2, 0) is 9.59 Å². The Balaban J connectivity index is 1.48. The Morgan fingerprint density at radius 3 is 2.69 bits per heavy atom. The third kappa shape index (κ3) is 4.91. The number of carbonyl (C=O) groups is 2. The van der Waals surface area contributed by atoms with E-state index in [0.717, 1.165) is 24.2 Å². The summed E-state index contributed by atoms with van der Waals surface area (Å²) in [6.07, 6.45) is 4.45. The van der Waals surface area contributed by atoms with Gasteiger partial charge >= 0.3 is 5.97 Å². The zero-order valence-electron chi connectivity index (χ0n) is 17.9. The third-order valence-corrected chi connectivity index (χ3v) is 6.93. The molecular formula is C24H25NO5S2. The predicted octanol–water partition coefficient (Wildman–Crippen LogP) is 5.58. The Hall–Kier alpha value is -2.58. The first-order chi connectivity index (χ1) is 15.3. The second kappa shape index (κ2) is 9.50. The van der Waals surface area contributed by atoms with Crippen LogP contribution < -0.4 is 4.74 Å². The molecule has 1 aromatic carbocycles. The fraction of sp³-hybridized carbons (Fsp3) is 0.375. The van der Waals surface area contributed by atoms with Crippen LogP contribution in [0.25, 0.3) is 17.4 Å². The Labute approximate surface area is 196 Å². The van der Waals surface area contributed by atoms with E-state index >= 15 is 0 Å². The smallest absolute Gasteiger partial charge is 0.306 e. The first kappa shape index (κ1) is 22.6. The number of rotatable bonds is 6. The zero-order valence-corrected chi connectivity index (χ0v) is 19.6. The maximum atomic E-state index is 13.0. The SMILES string of the molecule is CC(C)Oc1ccc(-c2ccc(/C=C3/SC(=S)N(C4CCCC(C(=O)O)C4)C3=O)o2)cc1. The highest BCUT2D eigenvalue weighted by molar-refractivity contribution is 8.26. The molecule has 1 amide bonds. The van der Waals surface area contributed by atoms with Crippen LogP contribution in [0, 0.1) is 5.92 Å². The Morgan fingerprint density at radius 2 is 2.00 bits per heavy atom. The highest BCUT2D eigenvalue weighted by Gasteiger charge is 2.40. The van der Waals surface area contributed by atoms with E-state index in [1.54, 1.807) is 11.0 Å². The van der Waals surface area contributed by atoms with Gasteiger partial charge in [0.1, 0.15) is 21.6 Å². The molecule has 168 valence electrons. The number of carboxylic acids is 1. The van der Waals surface area contributed by atoms with Crippen molar-refractivity contribution in [2.45, 2.75) is 51.7 Å². The molecule has 1 N–H and O–H groups in total. The summed E-state index contributed by atoms with van der Waals surface area (Å²) in [4.78, 5) is 26.5. The molecule has 2 fully saturated rings. The van der Waals surface area contributed by atoms with Gasteiger partial charge in [0, 0.05) is 17.7 Å². The number of nitrogens with zero attached hydrogens (tertiary/aromatic N) is 1. The molecule has 8 heteroatoms. The summed E-state index contributed by atoms with van der Waals surface area (Å²) in [5.74, 6) is 0.653. The fourth-order valence-corrected chi connectivity index (χ4v) is 5.48. The summed E-state index contributed by atoms with van der Waals surface area (Å²) in [6.45, 7) is 3.96. The average Bonchev–Trinajstić information content (AvgIpc) is 3.32. The van der Waals surface area contributed by atoms with Gasteiger partial charge in [0.15, 0.2) is 0 Å². The lowest BCUT2D eigenvalue weighted by atomic mass is 9.85. The molecule has 2 atom stereocenters. The number of hydrogen-bond donors (Lipinski definition) is 1. The molecule has 6 nitrogen and oxygen atoms in total. The largest absolute Gasteiger partial charge is 0.491 e. The molecule has 32 heavy (non-hydrogen) atoms. The van der Waals surface area contributed by atoms with E-state index < -0.39 is 11.9 Å². The number of carboxylic acid groups (broad SMARTS) is 1. The van der Waals surface area contributed by atoms with E-state index in [9.17, 15) is 14.7 Å². The minimum Gasteiger partial charge on any atom is -0.491 e. The molecule has 2 unspecified atom stereocenters. The maximum Gasteiger partial charge on any atom is 0.306 e. The first-order valence-corrected chi connectivity index (χ1v) is 11.9. The van der Waals surface area contributed by atoms with Crippen molar-refractivity contribution in [2.75, 3.05) is 0 Å². The van der Waals surface area contributed by atoms with E-state index in [2.05, 4.69) is 0 Å². The normalized spacial score (nSPS) is 22.7. The van der Waals surface area contributed by atoms with Crippen molar-refractivity contribution in [1.82, 2.24) is 4.90 Å². The van der Waals surface area contributed by atoms with E-state index in [0.29, 0.717) is 33.6 Å². The van der Waals surface area contributed by atoms with Crippen molar-refractivity contribution in [2.24, 2.45) is 5.92 Å². The predicted molar refractivity (Wildman–Crippen MR) is 128 cm³/mol. The second-order valence-electron chi connectivity index (χ2n) is 8.30. The number of thioether (sulfide) groups is 1. The minimum absolute atomic E-state index is 0.110. The molecule has 2 aromatic rings. The van der Waals surface area contributed by atoms with Gasteiger partial charge in [-0.25, -0.2) is 0 Å². The topological polar surface area (TPSA) is 80.0 Å². The van der Waals surface area contributed by atoms with Gasteiger partial charge in [-0.2, -0.15) is 0 Å². The molecule has 2 aliphatic rings. The molecule has 0 spiro atoms. The van der Waals surface area contributed by atoms with Crippen molar-refractivity contribution in [1.29, 1.82) is 0 Å². The summed E-state index contributed by atoms with van der Waals surface area (Å²) < 4.78 is 12.1. The van der Waals surface area contributed by atoms with Crippen LogP contribution in [0.2, 0.25) is 0 Å². The zero-order chi connectivity index (χ0) is 22.8. The van der Waals surface area contributed by atoms with Crippen molar-refractivity contribution < 1.29 is 23.8 Å². The van der Waals surface area contributed by atoms with E-state index in [4.69, 9.17) is 21.4 Å². The van der Waals surface area contributed by atoms with Gasteiger partial charge in [-0.05, 0) is 69.5 Å². The Morgan fingerprint density at radius 1 is 1.25 bits per heavy atom. The van der Waals surface area contributed by atoms with Crippen molar-refractivity contribution in [3.63, 3.8) is 0 Å². The molecule has 1 saturated carbocycles. The maximum absolute atomic E-state index is 13.0. The molecule has 1 saturated heterocycles. The Kier molecular flexibility index (Phi) is 6.71. The van der Waals surface area contributed by atoms with Crippen molar-refractivity contribution in [3.8, 4) is 17.1 Å². The monoisotopic (exact) mass is 471 g/mol. The van der Waals surface area contributed by atoms with Gasteiger partial charge in [0.25, 0.3) is 5.91 Å². The molecule has 1 aliphatic heterocycles. The van der Waals surface area contributed by atoms with Crippen LogP contribution in [0.3, 0.4) is 0 Å². The molecule has 1 aromatic heterocycles. The van der Waals surface area contributed by atoms with Crippen molar-refractivity contribution >= 4 is 46.3 Å². The van der Waals surface area contributed by atoms with Gasteiger partial charge in [-0.1, -0.05) is 30.4 Å². The summed E-state index contributed by atoms with van der Waals surface area (Å²) in [5, 5.41) is 9.35. The molecule has 0 bridgehead atoms. The van der Waals surface area contributed by atoms with Crippen LogP contribution in [0.5, 0.6) is 5.75 Å². The molecule has 2 heterocycles. The van der Waals surface area contributed by atoms with Gasteiger partial charge in [0.05, 0.1) is 16.9 Å². The summed E-state index contributed by atoms with van der Waals surface area (Å²) in [7, 11) is 0. The molecular weight excluding hydrogens is 446 g/mol. The van der Waals surface area contributed by atoms with Gasteiger partial charge in [-0.15, -0.1) is 0 Å². The third-order valence-electron chi connectivity index (χ3n) is 5.60. The highest BCUT2D eigenvalue weighted by atomic mass is 32.2. The second-order valence-corrected chi connectivity index (χ2v) is 9.98. The standard InChI is InChI=1S/C24H25NO5S2/c1-14(2)29-18-8-6-15(7-9-18)20-11-10-19(30-20)13-21-22(26)25(24(31)32-21)17-5-3-4-16(12-17)23(27)28/h6-11,13-14,16-17H,3-5,12H2,1-2H3,(H,27,28)/b21-13+. The van der Waals surface area contributed by atoms with Crippen LogP contribution in [0.4, 0.5) is 0 Å². The summed E-state index contributed by atoms with van der Waals surface area (Å²) in [6, 6.07) is 11.2. The number of furan rings is 1. The molecule has 1 aliphatic carbocycles. The van der Waals surface area contributed by atoms with Gasteiger partial charge in [0.2, 0.25) is 0 Å². The number of ether oxygens (including phenoxy) is 1. The first-order valence-electron chi connectivity index (χ1n) is 10.7. The van der Waals surface area contributed by atoms with Crippen LogP contribution in [0.1, 0.15) is 45.3 Å². The number of carbonyl (C=O) groups excluding carboxylic acids is 1. The van der Waals surface area contributed by atoms with Gasteiger partial charge in [-0.3, -0.25) is 14.5 Å². The van der Waals surface area contributed by atoms with E-state index in [1.165, 1.54) is 11.8 Å². The number of hydrogen-bond acceptors (Lipinski definition) is 6. The fourth-order valence-electron chi connectivity index (χ4n) is 4.10. The van der Waals surface area contributed by atoms with E-state index in [-0.39, 0.29) is 18.1 Å². The number of aliphatic carboxylic acids is 1. The lowest BCUT2D eigenvalue weighted by Crippen LogP contribution is -2.42. The minimum atomic E-state index is -0.803. The number of thiocarbonyl (C=S) groups is 1. The quantitative estimate of drug-likeness (QED) is 0.435. The van der Waals surface area contributed by atoms with E-state index in [1.807, 2.05) is 50.2 Å². The number of amides is 1. The summed E-state index contributed by atoms with van der Waals surface area (Å²) in [5.41, 5.74) is 0.912. The average molecular weight is 472 g/mol. The molecule has 4 rings (SSSR count). The Bertz CT molecular complexity index is 1060. The highest BCUT2D eigenvalue weighted by Crippen LogP contribution is 2.39.